The number of anilines is 2. The third-order valence-electron chi connectivity index (χ3n) is 5.73. The lowest BCUT2D eigenvalue weighted by Crippen LogP contribution is -2.55. The number of fused-ring (bicyclic) bond motifs is 1. The number of amides is 2. The van der Waals surface area contributed by atoms with Crippen LogP contribution < -0.4 is 15.0 Å². The predicted octanol–water partition coefficient (Wildman–Crippen LogP) is 2.95. The molecule has 1 aliphatic rings. The lowest BCUT2D eigenvalue weighted by molar-refractivity contribution is 0.184. The molecule has 2 N–H and O–H groups in total. The molecular formula is C23H31N7O2. The summed E-state index contributed by atoms with van der Waals surface area (Å²) in [6, 6.07) is 7.46. The fourth-order valence-corrected chi connectivity index (χ4v) is 3.99. The van der Waals surface area contributed by atoms with E-state index >= 15 is 0 Å². The number of carbonyl (C=O) groups excluding carboxylic acids is 1. The van der Waals surface area contributed by atoms with Gasteiger partial charge in [0.25, 0.3) is 0 Å². The highest BCUT2D eigenvalue weighted by atomic mass is 16.5. The van der Waals surface area contributed by atoms with Gasteiger partial charge >= 0.3 is 6.03 Å². The molecule has 2 aromatic heterocycles. The number of piperazine rings is 1. The van der Waals surface area contributed by atoms with Crippen LogP contribution in [0.5, 0.6) is 5.75 Å². The molecule has 4 rings (SSSR count). The van der Waals surface area contributed by atoms with Crippen molar-refractivity contribution in [2.75, 3.05) is 57.1 Å². The zero-order valence-electron chi connectivity index (χ0n) is 19.1. The maximum atomic E-state index is 13.0. The summed E-state index contributed by atoms with van der Waals surface area (Å²) >= 11 is 0. The monoisotopic (exact) mass is 437 g/mol. The van der Waals surface area contributed by atoms with Gasteiger partial charge < -0.3 is 29.7 Å². The summed E-state index contributed by atoms with van der Waals surface area (Å²) in [6.07, 6.45) is 3.54. The highest BCUT2D eigenvalue weighted by Crippen LogP contribution is 2.28. The second-order valence-electron chi connectivity index (χ2n) is 8.49. The van der Waals surface area contributed by atoms with Crippen LogP contribution in [-0.2, 0) is 0 Å². The normalized spacial score (nSPS) is 16.6. The summed E-state index contributed by atoms with van der Waals surface area (Å²) in [4.78, 5) is 31.2. The Hall–Kier alpha value is -3.33. The molecule has 0 unspecified atom stereocenters. The molecule has 9 nitrogen and oxygen atoms in total. The lowest BCUT2D eigenvalue weighted by Gasteiger charge is -2.40. The summed E-state index contributed by atoms with van der Waals surface area (Å²) in [7, 11) is 4.02. The Balaban J connectivity index is 1.39. The number of nitrogens with zero attached hydrogens (tertiary/aromatic N) is 5. The van der Waals surface area contributed by atoms with E-state index in [1.54, 1.807) is 6.33 Å². The fraction of sp³-hybridized carbons (Fsp3) is 0.435. The summed E-state index contributed by atoms with van der Waals surface area (Å²) in [5.74, 6) is 1.67. The minimum atomic E-state index is -0.103. The van der Waals surface area contributed by atoms with Crippen LogP contribution in [0, 0.1) is 6.92 Å². The van der Waals surface area contributed by atoms with Gasteiger partial charge in [-0.2, -0.15) is 0 Å². The molecule has 3 aromatic rings. The Morgan fingerprint density at radius 3 is 2.94 bits per heavy atom. The van der Waals surface area contributed by atoms with Gasteiger partial charge in [-0.25, -0.2) is 14.8 Å². The van der Waals surface area contributed by atoms with E-state index in [2.05, 4.69) is 43.9 Å². The Morgan fingerprint density at radius 2 is 2.16 bits per heavy atom. The van der Waals surface area contributed by atoms with Crippen LogP contribution in [0.1, 0.15) is 12.5 Å². The van der Waals surface area contributed by atoms with Gasteiger partial charge in [-0.3, -0.25) is 0 Å². The van der Waals surface area contributed by atoms with E-state index < -0.39 is 0 Å². The number of urea groups is 1. The van der Waals surface area contributed by atoms with Crippen molar-refractivity contribution in [3.8, 4) is 5.75 Å². The Bertz CT molecular complexity index is 1080. The number of hydrogen-bond donors (Lipinski definition) is 2. The number of hydrogen-bond acceptors (Lipinski definition) is 6. The molecule has 1 aromatic carbocycles. The molecule has 2 amide bonds. The topological polar surface area (TPSA) is 89.6 Å². The largest absolute Gasteiger partial charge is 0.492 e. The molecule has 0 spiro atoms. The number of nitrogens with one attached hydrogen (secondary N) is 2. The zero-order valence-corrected chi connectivity index (χ0v) is 19.1. The number of carbonyl (C=O) groups is 1. The standard InChI is InChI=1S/C23H31N7O2/c1-16-13-24-21-20(16)22(26-15-25-21)29-8-9-30(17(2)14-29)23(31)27-18-6-5-7-19(12-18)32-11-10-28(3)4/h5-7,12-13,15,17H,8-11,14H2,1-4H3,(H,27,31)(H,24,25,26)/t17-/m0/s1. The quantitative estimate of drug-likeness (QED) is 0.616. The molecule has 1 saturated heterocycles. The third-order valence-corrected chi connectivity index (χ3v) is 5.73. The average molecular weight is 438 g/mol. The van der Waals surface area contributed by atoms with E-state index in [-0.39, 0.29) is 12.1 Å². The lowest BCUT2D eigenvalue weighted by atomic mass is 10.1. The third kappa shape index (κ3) is 4.77. The van der Waals surface area contributed by atoms with Crippen molar-refractivity contribution < 1.29 is 9.53 Å². The van der Waals surface area contributed by atoms with Crippen LogP contribution in [0.4, 0.5) is 16.3 Å². The first-order valence-electron chi connectivity index (χ1n) is 10.9. The molecule has 9 heteroatoms. The van der Waals surface area contributed by atoms with E-state index in [4.69, 9.17) is 4.74 Å². The Labute approximate surface area is 188 Å². The molecule has 1 aliphatic heterocycles. The van der Waals surface area contributed by atoms with Crippen molar-refractivity contribution in [3.63, 3.8) is 0 Å². The highest BCUT2D eigenvalue weighted by molar-refractivity contribution is 5.92. The minimum Gasteiger partial charge on any atom is -0.492 e. The van der Waals surface area contributed by atoms with Crippen LogP contribution >= 0.6 is 0 Å². The first-order valence-corrected chi connectivity index (χ1v) is 10.9. The average Bonchev–Trinajstić information content (AvgIpc) is 3.15. The smallest absolute Gasteiger partial charge is 0.322 e. The number of aromatic nitrogens is 3. The predicted molar refractivity (Wildman–Crippen MR) is 127 cm³/mol. The maximum Gasteiger partial charge on any atom is 0.322 e. The van der Waals surface area contributed by atoms with Crippen molar-refractivity contribution in [2.45, 2.75) is 19.9 Å². The number of ether oxygens (including phenoxy) is 1. The number of H-pyrrole nitrogens is 1. The van der Waals surface area contributed by atoms with E-state index in [0.29, 0.717) is 26.2 Å². The Kier molecular flexibility index (Phi) is 6.45. The van der Waals surface area contributed by atoms with Crippen molar-refractivity contribution in [1.29, 1.82) is 0 Å². The van der Waals surface area contributed by atoms with Crippen LogP contribution in [0.25, 0.3) is 11.0 Å². The molecule has 170 valence electrons. The van der Waals surface area contributed by atoms with Crippen LogP contribution in [0.2, 0.25) is 0 Å². The van der Waals surface area contributed by atoms with Gasteiger partial charge in [0.2, 0.25) is 0 Å². The first-order chi connectivity index (χ1) is 15.4. The van der Waals surface area contributed by atoms with Gasteiger partial charge in [-0.05, 0) is 45.6 Å². The minimum absolute atomic E-state index is 0.0348. The summed E-state index contributed by atoms with van der Waals surface area (Å²) in [6.45, 7) is 7.58. The molecule has 0 aliphatic carbocycles. The zero-order chi connectivity index (χ0) is 22.7. The number of rotatable bonds is 6. The van der Waals surface area contributed by atoms with Crippen molar-refractivity contribution in [2.24, 2.45) is 0 Å². The second-order valence-corrected chi connectivity index (χ2v) is 8.49. The SMILES string of the molecule is Cc1c[nH]c2ncnc(N3CCN(C(=O)Nc4cccc(OCCN(C)C)c4)[C@@H](C)C3)c12. The second kappa shape index (κ2) is 9.44. The van der Waals surface area contributed by atoms with Gasteiger partial charge in [0.05, 0.1) is 5.39 Å². The van der Waals surface area contributed by atoms with Crippen molar-refractivity contribution in [3.05, 3.63) is 42.4 Å². The van der Waals surface area contributed by atoms with Gasteiger partial charge in [-0.15, -0.1) is 0 Å². The highest BCUT2D eigenvalue weighted by Gasteiger charge is 2.29. The molecule has 0 saturated carbocycles. The summed E-state index contributed by atoms with van der Waals surface area (Å²) in [5, 5.41) is 4.06. The van der Waals surface area contributed by atoms with Crippen molar-refractivity contribution in [1.82, 2.24) is 24.8 Å². The van der Waals surface area contributed by atoms with Crippen LogP contribution in [0.15, 0.2) is 36.8 Å². The van der Waals surface area contributed by atoms with Crippen molar-refractivity contribution >= 4 is 28.6 Å². The number of aryl methyl sites for hydroxylation is 1. The number of aromatic amines is 1. The summed E-state index contributed by atoms with van der Waals surface area (Å²) < 4.78 is 5.78. The summed E-state index contributed by atoms with van der Waals surface area (Å²) in [5.41, 5.74) is 2.69. The molecule has 1 atom stereocenters. The molecule has 32 heavy (non-hydrogen) atoms. The Morgan fingerprint density at radius 1 is 1.31 bits per heavy atom. The molecule has 0 radical (unpaired) electrons. The van der Waals surface area contributed by atoms with E-state index in [9.17, 15) is 4.79 Å². The van der Waals surface area contributed by atoms with Gasteiger partial charge in [-0.1, -0.05) is 6.07 Å². The first kappa shape index (κ1) is 21.9. The maximum absolute atomic E-state index is 13.0. The molecular weight excluding hydrogens is 406 g/mol. The molecule has 3 heterocycles. The van der Waals surface area contributed by atoms with Gasteiger partial charge in [0, 0.05) is 50.2 Å². The van der Waals surface area contributed by atoms with Gasteiger partial charge in [0.1, 0.15) is 30.1 Å². The molecule has 0 bridgehead atoms. The molecule has 1 fully saturated rings. The van der Waals surface area contributed by atoms with Crippen LogP contribution in [0.3, 0.4) is 0 Å². The van der Waals surface area contributed by atoms with E-state index in [1.807, 2.05) is 49.5 Å². The van der Waals surface area contributed by atoms with E-state index in [1.165, 1.54) is 0 Å². The number of benzene rings is 1. The number of likely N-dealkylation sites (N-methyl/N-ethyl adjacent to an activating group) is 1. The van der Waals surface area contributed by atoms with Gasteiger partial charge in [0.15, 0.2) is 0 Å². The van der Waals surface area contributed by atoms with Crippen LogP contribution in [-0.4, -0.2) is 83.7 Å². The van der Waals surface area contributed by atoms with E-state index in [0.717, 1.165) is 40.4 Å². The fourth-order valence-electron chi connectivity index (χ4n) is 3.99.